The molecule has 0 saturated heterocycles. The molecule has 0 radical (unpaired) electrons. The highest BCUT2D eigenvalue weighted by molar-refractivity contribution is 9.10. The Balaban J connectivity index is 2.83. The van der Waals surface area contributed by atoms with Crippen molar-refractivity contribution in [3.8, 4) is 0 Å². The summed E-state index contributed by atoms with van der Waals surface area (Å²) in [6, 6.07) is 5.18. The lowest BCUT2D eigenvalue weighted by molar-refractivity contribution is 0.0821. The number of nitrogens with two attached hydrogens (primary N) is 1. The van der Waals surface area contributed by atoms with E-state index in [1.165, 1.54) is 0 Å². The van der Waals surface area contributed by atoms with E-state index in [2.05, 4.69) is 21.2 Å². The standard InChI is InChI=1S/C12H17BrN2O2/c1-12(2,7-17-3)15-11(16)9-5-4-8(13)6-10(9)14/h4-6H,7,14H2,1-3H3,(H,15,16). The Hall–Kier alpha value is -1.07. The summed E-state index contributed by atoms with van der Waals surface area (Å²) in [7, 11) is 1.60. The number of nitrogen functional groups attached to an aromatic ring is 1. The predicted octanol–water partition coefficient (Wildman–Crippen LogP) is 2.19. The van der Waals surface area contributed by atoms with Gasteiger partial charge in [-0.2, -0.15) is 0 Å². The van der Waals surface area contributed by atoms with E-state index < -0.39 is 5.54 Å². The summed E-state index contributed by atoms with van der Waals surface area (Å²) < 4.78 is 5.89. The number of amides is 1. The van der Waals surface area contributed by atoms with Crippen molar-refractivity contribution in [3.63, 3.8) is 0 Å². The second-order valence-electron chi connectivity index (χ2n) is 4.50. The Labute approximate surface area is 110 Å². The largest absolute Gasteiger partial charge is 0.398 e. The molecule has 1 aromatic carbocycles. The van der Waals surface area contributed by atoms with E-state index in [1.54, 1.807) is 25.3 Å². The van der Waals surface area contributed by atoms with Gasteiger partial charge in [0.05, 0.1) is 17.7 Å². The van der Waals surface area contributed by atoms with Gasteiger partial charge >= 0.3 is 0 Å². The zero-order chi connectivity index (χ0) is 13.1. The van der Waals surface area contributed by atoms with Crippen LogP contribution in [0.25, 0.3) is 0 Å². The highest BCUT2D eigenvalue weighted by Gasteiger charge is 2.22. The molecule has 94 valence electrons. The third kappa shape index (κ3) is 4.02. The Morgan fingerprint density at radius 1 is 1.53 bits per heavy atom. The van der Waals surface area contributed by atoms with Gasteiger partial charge in [-0.05, 0) is 32.0 Å². The third-order valence-electron chi connectivity index (χ3n) is 2.22. The maximum atomic E-state index is 12.0. The van der Waals surface area contributed by atoms with Crippen LogP contribution in [0.5, 0.6) is 0 Å². The van der Waals surface area contributed by atoms with Crippen molar-refractivity contribution < 1.29 is 9.53 Å². The van der Waals surface area contributed by atoms with Crippen LogP contribution in [-0.2, 0) is 4.74 Å². The van der Waals surface area contributed by atoms with Crippen LogP contribution in [0.1, 0.15) is 24.2 Å². The van der Waals surface area contributed by atoms with Gasteiger partial charge in [0, 0.05) is 17.3 Å². The Kier molecular flexibility index (Phi) is 4.54. The molecule has 0 spiro atoms. The molecule has 0 fully saturated rings. The lowest BCUT2D eigenvalue weighted by Gasteiger charge is -2.25. The summed E-state index contributed by atoms with van der Waals surface area (Å²) in [4.78, 5) is 12.0. The minimum atomic E-state index is -0.425. The van der Waals surface area contributed by atoms with Crippen LogP contribution in [0.15, 0.2) is 22.7 Å². The Bertz CT molecular complexity index is 419. The molecule has 0 saturated carbocycles. The summed E-state index contributed by atoms with van der Waals surface area (Å²) in [5.41, 5.74) is 6.29. The van der Waals surface area contributed by atoms with E-state index in [0.717, 1.165) is 4.47 Å². The number of hydrogen-bond donors (Lipinski definition) is 2. The summed E-state index contributed by atoms with van der Waals surface area (Å²) >= 11 is 3.30. The maximum absolute atomic E-state index is 12.0. The number of carbonyl (C=O) groups excluding carboxylic acids is 1. The van der Waals surface area contributed by atoms with Gasteiger partial charge in [-0.1, -0.05) is 15.9 Å². The van der Waals surface area contributed by atoms with Crippen LogP contribution in [0.4, 0.5) is 5.69 Å². The maximum Gasteiger partial charge on any atom is 0.253 e. The minimum absolute atomic E-state index is 0.197. The molecule has 1 rings (SSSR count). The second-order valence-corrected chi connectivity index (χ2v) is 5.42. The van der Waals surface area contributed by atoms with Gasteiger partial charge in [-0.15, -0.1) is 0 Å². The van der Waals surface area contributed by atoms with Crippen LogP contribution >= 0.6 is 15.9 Å². The monoisotopic (exact) mass is 300 g/mol. The van der Waals surface area contributed by atoms with Crippen molar-refractivity contribution in [2.75, 3.05) is 19.5 Å². The van der Waals surface area contributed by atoms with Gasteiger partial charge < -0.3 is 15.8 Å². The fraction of sp³-hybridized carbons (Fsp3) is 0.417. The second kappa shape index (κ2) is 5.51. The highest BCUT2D eigenvalue weighted by Crippen LogP contribution is 2.19. The molecule has 0 unspecified atom stereocenters. The lowest BCUT2D eigenvalue weighted by Crippen LogP contribution is -2.46. The van der Waals surface area contributed by atoms with Crippen molar-refractivity contribution in [1.29, 1.82) is 0 Å². The molecule has 1 amide bonds. The first-order valence-corrected chi connectivity index (χ1v) is 6.01. The molecule has 0 atom stereocenters. The van der Waals surface area contributed by atoms with Gasteiger partial charge in [-0.25, -0.2) is 0 Å². The van der Waals surface area contributed by atoms with E-state index in [9.17, 15) is 4.79 Å². The molecular formula is C12H17BrN2O2. The molecule has 3 N–H and O–H groups in total. The number of carbonyl (C=O) groups is 1. The van der Waals surface area contributed by atoms with Crippen molar-refractivity contribution in [3.05, 3.63) is 28.2 Å². The molecule has 0 aliphatic carbocycles. The van der Waals surface area contributed by atoms with Crippen LogP contribution in [0.3, 0.4) is 0 Å². The normalized spacial score (nSPS) is 11.3. The smallest absolute Gasteiger partial charge is 0.253 e. The quantitative estimate of drug-likeness (QED) is 0.838. The molecule has 0 aliphatic heterocycles. The van der Waals surface area contributed by atoms with E-state index in [0.29, 0.717) is 17.9 Å². The van der Waals surface area contributed by atoms with Crippen LogP contribution in [-0.4, -0.2) is 25.2 Å². The number of benzene rings is 1. The molecule has 0 bridgehead atoms. The summed E-state index contributed by atoms with van der Waals surface area (Å²) in [5.74, 6) is -0.197. The van der Waals surface area contributed by atoms with Crippen molar-refractivity contribution in [1.82, 2.24) is 5.32 Å². The topological polar surface area (TPSA) is 64.3 Å². The van der Waals surface area contributed by atoms with E-state index >= 15 is 0 Å². The first-order chi connectivity index (χ1) is 7.85. The fourth-order valence-electron chi connectivity index (χ4n) is 1.51. The number of hydrogen-bond acceptors (Lipinski definition) is 3. The van der Waals surface area contributed by atoms with Crippen LogP contribution < -0.4 is 11.1 Å². The van der Waals surface area contributed by atoms with Crippen LogP contribution in [0, 0.1) is 0 Å². The van der Waals surface area contributed by atoms with Crippen molar-refractivity contribution in [2.24, 2.45) is 0 Å². The predicted molar refractivity (Wildman–Crippen MR) is 72.0 cm³/mol. The average molecular weight is 301 g/mol. The van der Waals surface area contributed by atoms with Crippen molar-refractivity contribution >= 4 is 27.5 Å². The van der Waals surface area contributed by atoms with Gasteiger partial charge in [-0.3, -0.25) is 4.79 Å². The molecule has 0 aliphatic rings. The number of anilines is 1. The molecule has 1 aromatic rings. The van der Waals surface area contributed by atoms with Gasteiger partial charge in [0.25, 0.3) is 5.91 Å². The zero-order valence-electron chi connectivity index (χ0n) is 10.2. The van der Waals surface area contributed by atoms with Gasteiger partial charge in [0.2, 0.25) is 0 Å². The summed E-state index contributed by atoms with van der Waals surface area (Å²) in [6.45, 7) is 4.22. The Morgan fingerprint density at radius 3 is 2.71 bits per heavy atom. The van der Waals surface area contributed by atoms with E-state index in [1.807, 2.05) is 13.8 Å². The fourth-order valence-corrected chi connectivity index (χ4v) is 1.89. The highest BCUT2D eigenvalue weighted by atomic mass is 79.9. The third-order valence-corrected chi connectivity index (χ3v) is 2.71. The van der Waals surface area contributed by atoms with Gasteiger partial charge in [0.1, 0.15) is 0 Å². The number of halogens is 1. The number of methoxy groups -OCH3 is 1. The molecule has 0 aromatic heterocycles. The van der Waals surface area contributed by atoms with Crippen LogP contribution in [0.2, 0.25) is 0 Å². The number of ether oxygens (including phenoxy) is 1. The lowest BCUT2D eigenvalue weighted by atomic mass is 10.1. The van der Waals surface area contributed by atoms with Crippen molar-refractivity contribution in [2.45, 2.75) is 19.4 Å². The number of rotatable bonds is 4. The summed E-state index contributed by atoms with van der Waals surface area (Å²) in [6.07, 6.45) is 0. The average Bonchev–Trinajstić information content (AvgIpc) is 2.15. The molecule has 0 heterocycles. The zero-order valence-corrected chi connectivity index (χ0v) is 11.8. The SMILES string of the molecule is COCC(C)(C)NC(=O)c1ccc(Br)cc1N. The van der Waals surface area contributed by atoms with E-state index in [4.69, 9.17) is 10.5 Å². The summed E-state index contributed by atoms with van der Waals surface area (Å²) in [5, 5.41) is 2.87. The number of nitrogens with one attached hydrogen (secondary N) is 1. The Morgan fingerprint density at radius 2 is 2.18 bits per heavy atom. The molecule has 5 heteroatoms. The minimum Gasteiger partial charge on any atom is -0.398 e. The van der Waals surface area contributed by atoms with E-state index in [-0.39, 0.29) is 5.91 Å². The van der Waals surface area contributed by atoms with Gasteiger partial charge in [0.15, 0.2) is 0 Å². The first kappa shape index (κ1) is 14.0. The first-order valence-electron chi connectivity index (χ1n) is 5.22. The molecular weight excluding hydrogens is 284 g/mol. The molecule has 4 nitrogen and oxygen atoms in total. The molecule has 17 heavy (non-hydrogen) atoms.